The summed E-state index contributed by atoms with van der Waals surface area (Å²) in [6.07, 6.45) is 0.573. The van der Waals surface area contributed by atoms with Gasteiger partial charge in [0.05, 0.1) is 5.69 Å². The Labute approximate surface area is 118 Å². The standard InChI is InChI=1S/C12H12N4O3S/c1-7-6-10(11(18)19-7)20-12-13-14-15-16(12)8-2-4-9(17)5-3-8/h2-5,7,10,17H,6H2,1H3. The Bertz CT molecular complexity index is 628. The lowest BCUT2D eigenvalue weighted by atomic mass is 10.3. The van der Waals surface area contributed by atoms with Crippen molar-refractivity contribution in [1.82, 2.24) is 20.2 Å². The van der Waals surface area contributed by atoms with Gasteiger partial charge in [0, 0.05) is 6.42 Å². The number of aromatic nitrogens is 4. The highest BCUT2D eigenvalue weighted by Gasteiger charge is 2.34. The Balaban J connectivity index is 1.83. The van der Waals surface area contributed by atoms with E-state index < -0.39 is 0 Å². The first kappa shape index (κ1) is 12.9. The van der Waals surface area contributed by atoms with Crippen molar-refractivity contribution in [1.29, 1.82) is 0 Å². The van der Waals surface area contributed by atoms with Crippen LogP contribution in [0, 0.1) is 0 Å². The Morgan fingerprint density at radius 1 is 1.40 bits per heavy atom. The Kier molecular flexibility index (Phi) is 3.31. The zero-order valence-electron chi connectivity index (χ0n) is 10.6. The number of hydrogen-bond acceptors (Lipinski definition) is 7. The lowest BCUT2D eigenvalue weighted by Gasteiger charge is -2.06. The van der Waals surface area contributed by atoms with E-state index in [9.17, 15) is 9.90 Å². The van der Waals surface area contributed by atoms with E-state index in [1.807, 2.05) is 6.92 Å². The van der Waals surface area contributed by atoms with Gasteiger partial charge in [-0.05, 0) is 41.6 Å². The number of tetrazole rings is 1. The van der Waals surface area contributed by atoms with E-state index >= 15 is 0 Å². The predicted octanol–water partition coefficient (Wildman–Crippen LogP) is 1.16. The summed E-state index contributed by atoms with van der Waals surface area (Å²) in [7, 11) is 0. The van der Waals surface area contributed by atoms with E-state index in [4.69, 9.17) is 4.74 Å². The number of phenols is 1. The predicted molar refractivity (Wildman–Crippen MR) is 70.6 cm³/mol. The molecule has 8 heteroatoms. The molecule has 1 N–H and O–H groups in total. The van der Waals surface area contributed by atoms with Gasteiger partial charge in [-0.15, -0.1) is 5.10 Å². The van der Waals surface area contributed by atoms with Gasteiger partial charge < -0.3 is 9.84 Å². The van der Waals surface area contributed by atoms with Crippen molar-refractivity contribution in [3.63, 3.8) is 0 Å². The second-order valence-corrected chi connectivity index (χ2v) is 5.65. The Hall–Kier alpha value is -2.09. The van der Waals surface area contributed by atoms with Crippen LogP contribution in [0.5, 0.6) is 5.75 Å². The second-order valence-electron chi connectivity index (χ2n) is 4.48. The van der Waals surface area contributed by atoms with Gasteiger partial charge in [-0.2, -0.15) is 4.68 Å². The van der Waals surface area contributed by atoms with E-state index in [0.29, 0.717) is 11.6 Å². The minimum absolute atomic E-state index is 0.0713. The summed E-state index contributed by atoms with van der Waals surface area (Å²) in [5.41, 5.74) is 0.717. The molecule has 1 aromatic heterocycles. The number of thioether (sulfide) groups is 1. The second kappa shape index (κ2) is 5.12. The van der Waals surface area contributed by atoms with Crippen LogP contribution in [0.2, 0.25) is 0 Å². The number of hydrogen-bond donors (Lipinski definition) is 1. The summed E-state index contributed by atoms with van der Waals surface area (Å²) >= 11 is 1.29. The van der Waals surface area contributed by atoms with Crippen molar-refractivity contribution in [2.24, 2.45) is 0 Å². The van der Waals surface area contributed by atoms with Gasteiger partial charge in [0.25, 0.3) is 0 Å². The molecule has 0 spiro atoms. The first-order valence-electron chi connectivity index (χ1n) is 6.08. The van der Waals surface area contributed by atoms with Gasteiger partial charge >= 0.3 is 5.97 Å². The number of esters is 1. The third-order valence-corrected chi connectivity index (χ3v) is 4.04. The van der Waals surface area contributed by atoms with E-state index in [2.05, 4.69) is 15.5 Å². The minimum atomic E-state index is -0.285. The molecule has 1 aliphatic heterocycles. The fourth-order valence-electron chi connectivity index (χ4n) is 1.95. The van der Waals surface area contributed by atoms with Crippen molar-refractivity contribution in [3.8, 4) is 11.4 Å². The van der Waals surface area contributed by atoms with Gasteiger partial charge in [0.2, 0.25) is 5.16 Å². The van der Waals surface area contributed by atoms with Crippen molar-refractivity contribution in [2.45, 2.75) is 29.9 Å². The topological polar surface area (TPSA) is 90.1 Å². The molecule has 2 atom stereocenters. The summed E-state index contributed by atoms with van der Waals surface area (Å²) < 4.78 is 6.64. The van der Waals surface area contributed by atoms with E-state index in [-0.39, 0.29) is 23.1 Å². The molecule has 1 aliphatic rings. The summed E-state index contributed by atoms with van der Waals surface area (Å²) in [6.45, 7) is 1.86. The lowest BCUT2D eigenvalue weighted by Crippen LogP contribution is -2.11. The molecule has 0 saturated carbocycles. The van der Waals surface area contributed by atoms with Gasteiger partial charge in [-0.3, -0.25) is 4.79 Å². The lowest BCUT2D eigenvalue weighted by molar-refractivity contribution is -0.140. The highest BCUT2D eigenvalue weighted by molar-refractivity contribution is 8.00. The number of cyclic esters (lactones) is 1. The van der Waals surface area contributed by atoms with Crippen molar-refractivity contribution >= 4 is 17.7 Å². The molecule has 2 heterocycles. The largest absolute Gasteiger partial charge is 0.508 e. The molecule has 1 saturated heterocycles. The molecule has 0 bridgehead atoms. The monoisotopic (exact) mass is 292 g/mol. The maximum absolute atomic E-state index is 11.6. The Morgan fingerprint density at radius 2 is 2.15 bits per heavy atom. The van der Waals surface area contributed by atoms with E-state index in [1.165, 1.54) is 16.4 Å². The number of ether oxygens (including phenoxy) is 1. The summed E-state index contributed by atoms with van der Waals surface area (Å²) in [6, 6.07) is 6.51. The smallest absolute Gasteiger partial charge is 0.319 e. The average Bonchev–Trinajstić information content (AvgIpc) is 2.98. The van der Waals surface area contributed by atoms with Gasteiger partial charge in [0.1, 0.15) is 17.1 Å². The van der Waals surface area contributed by atoms with Crippen LogP contribution in [0.4, 0.5) is 0 Å². The van der Waals surface area contributed by atoms with Crippen LogP contribution in [0.3, 0.4) is 0 Å². The number of phenolic OH excluding ortho intramolecular Hbond substituents is 1. The maximum atomic E-state index is 11.6. The molecule has 1 aromatic carbocycles. The molecule has 2 aromatic rings. The molecule has 3 rings (SSSR count). The molecular weight excluding hydrogens is 280 g/mol. The van der Waals surface area contributed by atoms with Crippen molar-refractivity contribution < 1.29 is 14.6 Å². The third kappa shape index (κ3) is 2.46. The average molecular weight is 292 g/mol. The molecule has 104 valence electrons. The van der Waals surface area contributed by atoms with Crippen LogP contribution in [-0.4, -0.2) is 42.6 Å². The third-order valence-electron chi connectivity index (χ3n) is 2.91. The summed E-state index contributed by atoms with van der Waals surface area (Å²) in [4.78, 5) is 11.6. The van der Waals surface area contributed by atoms with Crippen LogP contribution in [0.25, 0.3) is 5.69 Å². The summed E-state index contributed by atoms with van der Waals surface area (Å²) in [5.74, 6) is -0.0630. The van der Waals surface area contributed by atoms with Crippen LogP contribution < -0.4 is 0 Å². The molecule has 0 amide bonds. The highest BCUT2D eigenvalue weighted by Crippen LogP contribution is 2.31. The molecule has 0 aliphatic carbocycles. The fraction of sp³-hybridized carbons (Fsp3) is 0.333. The number of carbonyl (C=O) groups excluding carboxylic acids is 1. The molecular formula is C12H12N4O3S. The fourth-order valence-corrected chi connectivity index (χ4v) is 3.05. The van der Waals surface area contributed by atoms with Crippen LogP contribution in [-0.2, 0) is 9.53 Å². The number of nitrogens with zero attached hydrogens (tertiary/aromatic N) is 4. The van der Waals surface area contributed by atoms with Gasteiger partial charge in [-0.25, -0.2) is 0 Å². The quantitative estimate of drug-likeness (QED) is 0.849. The summed E-state index contributed by atoms with van der Waals surface area (Å²) in [5, 5.41) is 21.0. The zero-order chi connectivity index (χ0) is 14.1. The van der Waals surface area contributed by atoms with Crippen LogP contribution >= 0.6 is 11.8 Å². The highest BCUT2D eigenvalue weighted by atomic mass is 32.2. The van der Waals surface area contributed by atoms with E-state index in [0.717, 1.165) is 5.69 Å². The number of carbonyl (C=O) groups is 1. The molecule has 2 unspecified atom stereocenters. The first-order chi connectivity index (χ1) is 9.63. The van der Waals surface area contributed by atoms with Gasteiger partial charge in [0.15, 0.2) is 0 Å². The van der Waals surface area contributed by atoms with E-state index in [1.54, 1.807) is 24.3 Å². The molecule has 20 heavy (non-hydrogen) atoms. The normalized spacial score (nSPS) is 21.9. The van der Waals surface area contributed by atoms with Crippen LogP contribution in [0.15, 0.2) is 29.4 Å². The number of rotatable bonds is 3. The zero-order valence-corrected chi connectivity index (χ0v) is 11.4. The van der Waals surface area contributed by atoms with Crippen molar-refractivity contribution in [2.75, 3.05) is 0 Å². The van der Waals surface area contributed by atoms with Crippen molar-refractivity contribution in [3.05, 3.63) is 24.3 Å². The minimum Gasteiger partial charge on any atom is -0.508 e. The SMILES string of the molecule is CC1CC(Sc2nnnn2-c2ccc(O)cc2)C(=O)O1. The van der Waals surface area contributed by atoms with Crippen LogP contribution in [0.1, 0.15) is 13.3 Å². The number of benzene rings is 1. The Morgan fingerprint density at radius 3 is 2.80 bits per heavy atom. The molecule has 1 fully saturated rings. The molecule has 7 nitrogen and oxygen atoms in total. The molecule has 0 radical (unpaired) electrons. The first-order valence-corrected chi connectivity index (χ1v) is 6.96. The van der Waals surface area contributed by atoms with Gasteiger partial charge in [-0.1, -0.05) is 11.8 Å². The maximum Gasteiger partial charge on any atom is 0.319 e. The number of aromatic hydroxyl groups is 1.